The highest BCUT2D eigenvalue weighted by Gasteiger charge is 2.08. The van der Waals surface area contributed by atoms with E-state index in [2.05, 4.69) is 10.6 Å². The topological polar surface area (TPSA) is 50.4 Å². The molecule has 0 saturated heterocycles. The molecule has 0 atom stereocenters. The van der Waals surface area contributed by atoms with E-state index in [0.29, 0.717) is 22.7 Å². The number of ether oxygens (including phenoxy) is 1. The number of amides is 1. The van der Waals surface area contributed by atoms with Crippen molar-refractivity contribution in [2.75, 3.05) is 17.7 Å². The van der Waals surface area contributed by atoms with Gasteiger partial charge in [-0.05, 0) is 54.6 Å². The van der Waals surface area contributed by atoms with Gasteiger partial charge in [-0.15, -0.1) is 0 Å². The van der Waals surface area contributed by atoms with Crippen molar-refractivity contribution >= 4 is 23.0 Å². The number of benzene rings is 3. The van der Waals surface area contributed by atoms with Crippen LogP contribution in [0, 0.1) is 11.6 Å². The summed E-state index contributed by atoms with van der Waals surface area (Å²) in [6, 6.07) is 16.9. The van der Waals surface area contributed by atoms with Crippen LogP contribution >= 0.6 is 0 Å². The molecule has 0 unspecified atom stereocenters. The van der Waals surface area contributed by atoms with Crippen molar-refractivity contribution in [3.8, 4) is 5.75 Å². The molecule has 1 amide bonds. The van der Waals surface area contributed by atoms with E-state index in [0.717, 1.165) is 6.07 Å². The first-order chi connectivity index (χ1) is 12.5. The molecule has 0 bridgehead atoms. The summed E-state index contributed by atoms with van der Waals surface area (Å²) in [5.74, 6) is -0.989. The average molecular weight is 354 g/mol. The molecule has 132 valence electrons. The highest BCUT2D eigenvalue weighted by atomic mass is 19.1. The molecule has 0 aliphatic rings. The Bertz CT molecular complexity index is 927. The van der Waals surface area contributed by atoms with E-state index in [4.69, 9.17) is 4.74 Å². The van der Waals surface area contributed by atoms with Crippen LogP contribution in [-0.2, 0) is 0 Å². The van der Waals surface area contributed by atoms with E-state index < -0.39 is 11.6 Å². The van der Waals surface area contributed by atoms with Gasteiger partial charge in [0, 0.05) is 23.0 Å². The molecule has 0 spiro atoms. The van der Waals surface area contributed by atoms with Gasteiger partial charge in [0.25, 0.3) is 5.91 Å². The van der Waals surface area contributed by atoms with Crippen molar-refractivity contribution in [1.29, 1.82) is 0 Å². The van der Waals surface area contributed by atoms with Crippen molar-refractivity contribution in [3.05, 3.63) is 83.9 Å². The molecular weight excluding hydrogens is 338 g/mol. The lowest BCUT2D eigenvalue weighted by molar-refractivity contribution is 0.102. The van der Waals surface area contributed by atoms with Gasteiger partial charge < -0.3 is 15.4 Å². The van der Waals surface area contributed by atoms with E-state index >= 15 is 0 Å². The van der Waals surface area contributed by atoms with Gasteiger partial charge in [0.15, 0.2) is 0 Å². The summed E-state index contributed by atoms with van der Waals surface area (Å²) in [5, 5.41) is 5.63. The highest BCUT2D eigenvalue weighted by molar-refractivity contribution is 6.04. The lowest BCUT2D eigenvalue weighted by atomic mass is 10.2. The fourth-order valence-corrected chi connectivity index (χ4v) is 2.35. The third kappa shape index (κ3) is 4.16. The number of carbonyl (C=O) groups excluding carboxylic acids is 1. The Kier molecular flexibility index (Phi) is 5.12. The van der Waals surface area contributed by atoms with Crippen LogP contribution in [0.5, 0.6) is 5.75 Å². The monoisotopic (exact) mass is 354 g/mol. The molecule has 3 rings (SSSR count). The maximum Gasteiger partial charge on any atom is 0.255 e. The summed E-state index contributed by atoms with van der Waals surface area (Å²) >= 11 is 0. The summed E-state index contributed by atoms with van der Waals surface area (Å²) in [5.41, 5.74) is 1.83. The van der Waals surface area contributed by atoms with Gasteiger partial charge >= 0.3 is 0 Å². The van der Waals surface area contributed by atoms with E-state index in [1.807, 2.05) is 0 Å². The molecule has 0 heterocycles. The third-order valence-corrected chi connectivity index (χ3v) is 3.68. The predicted octanol–water partition coefficient (Wildman–Crippen LogP) is 4.97. The number of carbonyl (C=O) groups is 1. The molecular formula is C20H16F2N2O2. The van der Waals surface area contributed by atoms with Crippen molar-refractivity contribution in [2.24, 2.45) is 0 Å². The molecule has 6 heteroatoms. The molecule has 0 fully saturated rings. The smallest absolute Gasteiger partial charge is 0.255 e. The van der Waals surface area contributed by atoms with E-state index in [1.54, 1.807) is 48.5 Å². The quantitative estimate of drug-likeness (QED) is 0.680. The number of methoxy groups -OCH3 is 1. The van der Waals surface area contributed by atoms with E-state index in [1.165, 1.54) is 19.2 Å². The molecule has 0 aliphatic carbocycles. The number of nitrogens with one attached hydrogen (secondary N) is 2. The zero-order valence-electron chi connectivity index (χ0n) is 13.9. The molecule has 4 nitrogen and oxygen atoms in total. The maximum absolute atomic E-state index is 13.7. The van der Waals surface area contributed by atoms with Crippen LogP contribution in [0.4, 0.5) is 25.8 Å². The summed E-state index contributed by atoms with van der Waals surface area (Å²) in [4.78, 5) is 12.3. The minimum Gasteiger partial charge on any atom is -0.497 e. The van der Waals surface area contributed by atoms with Crippen molar-refractivity contribution in [2.45, 2.75) is 0 Å². The van der Waals surface area contributed by atoms with Crippen molar-refractivity contribution < 1.29 is 18.3 Å². The van der Waals surface area contributed by atoms with Crippen LogP contribution in [0.1, 0.15) is 10.4 Å². The van der Waals surface area contributed by atoms with Crippen LogP contribution in [0.3, 0.4) is 0 Å². The van der Waals surface area contributed by atoms with Crippen molar-refractivity contribution in [1.82, 2.24) is 0 Å². The van der Waals surface area contributed by atoms with Gasteiger partial charge in [0.2, 0.25) is 0 Å². The Morgan fingerprint density at radius 1 is 0.923 bits per heavy atom. The Morgan fingerprint density at radius 3 is 2.35 bits per heavy atom. The fraction of sp³-hybridized carbons (Fsp3) is 0.0500. The molecule has 26 heavy (non-hydrogen) atoms. The standard InChI is InChI=1S/C20H16F2N2O2/c1-26-17-4-2-3-13(11-17)20(25)24-16-8-6-15(7-9-16)23-19-10-5-14(21)12-18(19)22/h2-12,23H,1H3,(H,24,25). The van der Waals surface area contributed by atoms with E-state index in [-0.39, 0.29) is 11.6 Å². The maximum atomic E-state index is 13.7. The molecule has 0 saturated carbocycles. The molecule has 0 aromatic heterocycles. The third-order valence-electron chi connectivity index (χ3n) is 3.68. The summed E-state index contributed by atoms with van der Waals surface area (Å²) in [6.07, 6.45) is 0. The molecule has 0 radical (unpaired) electrons. The second-order valence-electron chi connectivity index (χ2n) is 5.51. The first-order valence-electron chi connectivity index (χ1n) is 7.83. The minimum atomic E-state index is -0.680. The second kappa shape index (κ2) is 7.65. The number of halogens is 2. The molecule has 2 N–H and O–H groups in total. The Labute approximate surface area is 149 Å². The van der Waals surface area contributed by atoms with Gasteiger partial charge in [-0.1, -0.05) is 6.07 Å². The predicted molar refractivity (Wildman–Crippen MR) is 97.0 cm³/mol. The number of rotatable bonds is 5. The van der Waals surface area contributed by atoms with Gasteiger partial charge in [-0.3, -0.25) is 4.79 Å². The number of hydrogen-bond acceptors (Lipinski definition) is 3. The Hall–Kier alpha value is -3.41. The fourth-order valence-electron chi connectivity index (χ4n) is 2.35. The molecule has 3 aromatic carbocycles. The van der Waals surface area contributed by atoms with Crippen LogP contribution in [0.15, 0.2) is 66.7 Å². The largest absolute Gasteiger partial charge is 0.497 e. The van der Waals surface area contributed by atoms with Gasteiger partial charge in [0.1, 0.15) is 17.4 Å². The SMILES string of the molecule is COc1cccc(C(=O)Nc2ccc(Nc3ccc(F)cc3F)cc2)c1. The lowest BCUT2D eigenvalue weighted by Crippen LogP contribution is -2.11. The van der Waals surface area contributed by atoms with E-state index in [9.17, 15) is 13.6 Å². The first-order valence-corrected chi connectivity index (χ1v) is 7.83. The molecule has 3 aromatic rings. The lowest BCUT2D eigenvalue weighted by Gasteiger charge is -2.10. The summed E-state index contributed by atoms with van der Waals surface area (Å²) in [7, 11) is 1.53. The zero-order valence-corrected chi connectivity index (χ0v) is 13.9. The second-order valence-corrected chi connectivity index (χ2v) is 5.51. The first kappa shape index (κ1) is 17.4. The zero-order chi connectivity index (χ0) is 18.5. The Morgan fingerprint density at radius 2 is 1.65 bits per heavy atom. The van der Waals surface area contributed by atoms with Gasteiger partial charge in [-0.25, -0.2) is 8.78 Å². The van der Waals surface area contributed by atoms with Crippen LogP contribution < -0.4 is 15.4 Å². The summed E-state index contributed by atoms with van der Waals surface area (Å²) < 4.78 is 31.7. The average Bonchev–Trinajstić information content (AvgIpc) is 2.65. The van der Waals surface area contributed by atoms with Crippen LogP contribution in [0.2, 0.25) is 0 Å². The van der Waals surface area contributed by atoms with Gasteiger partial charge in [-0.2, -0.15) is 0 Å². The summed E-state index contributed by atoms with van der Waals surface area (Å²) in [6.45, 7) is 0. The minimum absolute atomic E-state index is 0.166. The van der Waals surface area contributed by atoms with Crippen LogP contribution in [0.25, 0.3) is 0 Å². The molecule has 0 aliphatic heterocycles. The van der Waals surface area contributed by atoms with Gasteiger partial charge in [0.05, 0.1) is 12.8 Å². The highest BCUT2D eigenvalue weighted by Crippen LogP contribution is 2.22. The van der Waals surface area contributed by atoms with Crippen LogP contribution in [-0.4, -0.2) is 13.0 Å². The number of hydrogen-bond donors (Lipinski definition) is 2. The Balaban J connectivity index is 1.68. The van der Waals surface area contributed by atoms with Crippen molar-refractivity contribution in [3.63, 3.8) is 0 Å². The normalized spacial score (nSPS) is 10.3. The number of anilines is 3.